The molecule has 2 atom stereocenters. The third-order valence-corrected chi connectivity index (χ3v) is 3.62. The first kappa shape index (κ1) is 10.7. The maximum absolute atomic E-state index is 11.9. The van der Waals surface area contributed by atoms with Crippen molar-refractivity contribution < 1.29 is 9.59 Å². The van der Waals surface area contributed by atoms with Crippen LogP contribution in [0.2, 0.25) is 0 Å². The van der Waals surface area contributed by atoms with Gasteiger partial charge in [0.1, 0.15) is 5.78 Å². The topological polar surface area (TPSA) is 46.2 Å². The minimum Gasteiger partial charge on any atom is -0.353 e. The molecule has 1 saturated carbocycles. The van der Waals surface area contributed by atoms with Crippen molar-refractivity contribution in [3.05, 3.63) is 0 Å². The third-order valence-electron chi connectivity index (χ3n) is 3.62. The predicted molar refractivity (Wildman–Crippen MR) is 57.4 cm³/mol. The van der Waals surface area contributed by atoms with Gasteiger partial charge in [-0.25, -0.2) is 0 Å². The number of nitrogens with one attached hydrogen (secondary N) is 1. The Bertz CT molecular complexity index is 262. The summed E-state index contributed by atoms with van der Waals surface area (Å²) in [4.78, 5) is 23.3. The van der Waals surface area contributed by atoms with E-state index in [2.05, 4.69) is 5.32 Å². The minimum atomic E-state index is 0.0661. The normalized spacial score (nSPS) is 33.3. The van der Waals surface area contributed by atoms with E-state index >= 15 is 0 Å². The molecule has 1 amide bonds. The monoisotopic (exact) mass is 209 g/mol. The SMILES string of the molecule is O=C1CCC(=O)[C@H]2CCCCCC[C@@H]2N1. The Balaban J connectivity index is 2.10. The van der Waals surface area contributed by atoms with Gasteiger partial charge in [0.15, 0.2) is 0 Å². The van der Waals surface area contributed by atoms with E-state index in [0.717, 1.165) is 25.7 Å². The average molecular weight is 209 g/mol. The Morgan fingerprint density at radius 1 is 0.933 bits per heavy atom. The average Bonchev–Trinajstić information content (AvgIpc) is 2.29. The van der Waals surface area contributed by atoms with E-state index in [9.17, 15) is 9.59 Å². The quantitative estimate of drug-likeness (QED) is 0.661. The third kappa shape index (κ3) is 2.58. The van der Waals surface area contributed by atoms with Crippen LogP contribution in [0.3, 0.4) is 0 Å². The number of rotatable bonds is 0. The summed E-state index contributed by atoms with van der Waals surface area (Å²) >= 11 is 0. The van der Waals surface area contributed by atoms with Crippen LogP contribution in [0.15, 0.2) is 0 Å². The van der Waals surface area contributed by atoms with Crippen LogP contribution in [0.1, 0.15) is 51.4 Å². The summed E-state index contributed by atoms with van der Waals surface area (Å²) in [5.41, 5.74) is 0. The molecule has 1 aliphatic heterocycles. The summed E-state index contributed by atoms with van der Waals surface area (Å²) in [5, 5.41) is 3.02. The van der Waals surface area contributed by atoms with Crippen LogP contribution in [0.4, 0.5) is 0 Å². The first-order valence-corrected chi connectivity index (χ1v) is 6.09. The fourth-order valence-electron chi connectivity index (χ4n) is 2.74. The number of fused-ring (bicyclic) bond motifs is 1. The molecule has 1 aliphatic carbocycles. The molecule has 0 spiro atoms. The molecular weight excluding hydrogens is 190 g/mol. The zero-order valence-electron chi connectivity index (χ0n) is 9.13. The molecule has 0 unspecified atom stereocenters. The van der Waals surface area contributed by atoms with Crippen LogP contribution in [0.5, 0.6) is 0 Å². The lowest BCUT2D eigenvalue weighted by molar-refractivity contribution is -0.124. The molecule has 2 fully saturated rings. The van der Waals surface area contributed by atoms with Crippen molar-refractivity contribution in [3.63, 3.8) is 0 Å². The van der Waals surface area contributed by atoms with E-state index in [1.165, 1.54) is 12.8 Å². The van der Waals surface area contributed by atoms with Gasteiger partial charge < -0.3 is 5.32 Å². The molecule has 15 heavy (non-hydrogen) atoms. The van der Waals surface area contributed by atoms with Crippen LogP contribution in [0, 0.1) is 5.92 Å². The number of hydrogen-bond acceptors (Lipinski definition) is 2. The fourth-order valence-corrected chi connectivity index (χ4v) is 2.74. The number of ketones is 1. The molecular formula is C12H19NO2. The lowest BCUT2D eigenvalue weighted by Gasteiger charge is -2.26. The van der Waals surface area contributed by atoms with Gasteiger partial charge in [-0.05, 0) is 12.8 Å². The highest BCUT2D eigenvalue weighted by molar-refractivity contribution is 5.89. The molecule has 1 saturated heterocycles. The molecule has 2 rings (SSSR count). The molecule has 0 bridgehead atoms. The van der Waals surface area contributed by atoms with E-state index in [1.807, 2.05) is 0 Å². The smallest absolute Gasteiger partial charge is 0.220 e. The summed E-state index contributed by atoms with van der Waals surface area (Å²) in [6.07, 6.45) is 7.58. The van der Waals surface area contributed by atoms with Gasteiger partial charge in [0.2, 0.25) is 5.91 Å². The van der Waals surface area contributed by atoms with Crippen LogP contribution < -0.4 is 5.32 Å². The Hall–Kier alpha value is -0.860. The zero-order valence-corrected chi connectivity index (χ0v) is 9.13. The van der Waals surface area contributed by atoms with Crippen LogP contribution in [-0.4, -0.2) is 17.7 Å². The fraction of sp³-hybridized carbons (Fsp3) is 0.833. The zero-order chi connectivity index (χ0) is 10.7. The van der Waals surface area contributed by atoms with Gasteiger partial charge in [-0.2, -0.15) is 0 Å². The number of carbonyl (C=O) groups is 2. The summed E-state index contributed by atoms with van der Waals surface area (Å²) in [7, 11) is 0. The lowest BCUT2D eigenvalue weighted by atomic mass is 9.84. The van der Waals surface area contributed by atoms with Gasteiger partial charge in [0, 0.05) is 24.8 Å². The van der Waals surface area contributed by atoms with Gasteiger partial charge in [0.25, 0.3) is 0 Å². The highest BCUT2D eigenvalue weighted by Crippen LogP contribution is 2.26. The molecule has 0 aromatic carbocycles. The van der Waals surface area contributed by atoms with E-state index in [0.29, 0.717) is 18.6 Å². The summed E-state index contributed by atoms with van der Waals surface area (Å²) in [6.45, 7) is 0. The van der Waals surface area contributed by atoms with Gasteiger partial charge in [0.05, 0.1) is 0 Å². The summed E-state index contributed by atoms with van der Waals surface area (Å²) in [5.74, 6) is 0.480. The maximum Gasteiger partial charge on any atom is 0.220 e. The summed E-state index contributed by atoms with van der Waals surface area (Å²) in [6, 6.07) is 0.132. The number of amides is 1. The van der Waals surface area contributed by atoms with Gasteiger partial charge in [-0.15, -0.1) is 0 Å². The van der Waals surface area contributed by atoms with Crippen molar-refractivity contribution in [3.8, 4) is 0 Å². The van der Waals surface area contributed by atoms with E-state index in [-0.39, 0.29) is 17.9 Å². The first-order valence-electron chi connectivity index (χ1n) is 6.09. The van der Waals surface area contributed by atoms with Crippen molar-refractivity contribution >= 4 is 11.7 Å². The molecule has 3 nitrogen and oxygen atoms in total. The van der Waals surface area contributed by atoms with Gasteiger partial charge in [-0.3, -0.25) is 9.59 Å². The van der Waals surface area contributed by atoms with Crippen molar-refractivity contribution in [2.75, 3.05) is 0 Å². The van der Waals surface area contributed by atoms with E-state index in [1.54, 1.807) is 0 Å². The molecule has 84 valence electrons. The molecule has 2 aliphatic rings. The second kappa shape index (κ2) is 4.77. The Kier molecular flexibility index (Phi) is 3.39. The van der Waals surface area contributed by atoms with E-state index in [4.69, 9.17) is 0 Å². The minimum absolute atomic E-state index is 0.0661. The van der Waals surface area contributed by atoms with Crippen molar-refractivity contribution in [1.82, 2.24) is 5.32 Å². The Labute approximate surface area is 90.6 Å². The molecule has 0 aromatic heterocycles. The molecule has 1 heterocycles. The molecule has 1 N–H and O–H groups in total. The standard InChI is InChI=1S/C12H19NO2/c14-11-7-8-12(15)13-10-6-4-2-1-3-5-9(10)11/h9-10H,1-8H2,(H,13,15)/t9-,10-/m0/s1. The maximum atomic E-state index is 11.9. The highest BCUT2D eigenvalue weighted by atomic mass is 16.2. The molecule has 0 aromatic rings. The van der Waals surface area contributed by atoms with E-state index < -0.39 is 0 Å². The Morgan fingerprint density at radius 2 is 1.67 bits per heavy atom. The van der Waals surface area contributed by atoms with Gasteiger partial charge in [-0.1, -0.05) is 25.7 Å². The van der Waals surface area contributed by atoms with Crippen molar-refractivity contribution in [2.24, 2.45) is 5.92 Å². The number of hydrogen-bond donors (Lipinski definition) is 1. The predicted octanol–water partition coefficient (Wildman–Crippen LogP) is 1.80. The van der Waals surface area contributed by atoms with Crippen molar-refractivity contribution in [2.45, 2.75) is 57.4 Å². The van der Waals surface area contributed by atoms with Crippen LogP contribution in [-0.2, 0) is 9.59 Å². The van der Waals surface area contributed by atoms with Crippen LogP contribution >= 0.6 is 0 Å². The molecule has 3 heteroatoms. The Morgan fingerprint density at radius 3 is 2.47 bits per heavy atom. The molecule has 0 radical (unpaired) electrons. The second-order valence-corrected chi connectivity index (χ2v) is 4.74. The second-order valence-electron chi connectivity index (χ2n) is 4.74. The lowest BCUT2D eigenvalue weighted by Crippen LogP contribution is -2.40. The first-order chi connectivity index (χ1) is 7.27. The summed E-state index contributed by atoms with van der Waals surface area (Å²) < 4.78 is 0. The van der Waals surface area contributed by atoms with Gasteiger partial charge >= 0.3 is 0 Å². The van der Waals surface area contributed by atoms with Crippen LogP contribution in [0.25, 0.3) is 0 Å². The highest BCUT2D eigenvalue weighted by Gasteiger charge is 2.32. The van der Waals surface area contributed by atoms with Crippen molar-refractivity contribution in [1.29, 1.82) is 0 Å². The number of Topliss-reactive ketones (excluding diaryl/α,β-unsaturated/α-hetero) is 1. The largest absolute Gasteiger partial charge is 0.353 e. The number of carbonyl (C=O) groups excluding carboxylic acids is 2.